The van der Waals surface area contributed by atoms with E-state index in [9.17, 15) is 0 Å². The molecule has 1 unspecified atom stereocenters. The summed E-state index contributed by atoms with van der Waals surface area (Å²) in [5, 5.41) is 4.05. The van der Waals surface area contributed by atoms with Crippen LogP contribution in [-0.4, -0.2) is 34.7 Å². The van der Waals surface area contributed by atoms with Gasteiger partial charge in [-0.05, 0) is 37.9 Å². The van der Waals surface area contributed by atoms with E-state index >= 15 is 0 Å². The number of para-hydroxylation sites is 1. The number of hydrogen-bond acceptors (Lipinski definition) is 5. The van der Waals surface area contributed by atoms with Crippen LogP contribution in [0, 0.1) is 12.8 Å². The second-order valence-electron chi connectivity index (χ2n) is 6.28. The lowest BCUT2D eigenvalue weighted by atomic mass is 9.99. The third-order valence-corrected chi connectivity index (χ3v) is 4.35. The quantitative estimate of drug-likeness (QED) is 0.819. The highest BCUT2D eigenvalue weighted by Crippen LogP contribution is 2.21. The van der Waals surface area contributed by atoms with Crippen molar-refractivity contribution in [2.24, 2.45) is 5.92 Å². The molecular weight excluding hydrogens is 290 g/mol. The molecule has 1 atom stereocenters. The first-order valence-corrected chi connectivity index (χ1v) is 8.47. The molecule has 2 heterocycles. The Kier molecular flexibility index (Phi) is 5.28. The highest BCUT2D eigenvalue weighted by Gasteiger charge is 2.22. The molecule has 3 rings (SSSR count). The van der Waals surface area contributed by atoms with E-state index in [2.05, 4.69) is 28.0 Å². The topological polar surface area (TPSA) is 51.4 Å². The third-order valence-electron chi connectivity index (χ3n) is 4.35. The molecule has 1 aromatic heterocycles. The second-order valence-corrected chi connectivity index (χ2v) is 6.28. The summed E-state index contributed by atoms with van der Waals surface area (Å²) in [6, 6.07) is 8.20. The van der Waals surface area contributed by atoms with Crippen molar-refractivity contribution in [3.63, 3.8) is 0 Å². The normalized spacial score (nSPS) is 19.0. The Morgan fingerprint density at radius 2 is 2.22 bits per heavy atom. The fourth-order valence-corrected chi connectivity index (χ4v) is 3.05. The average molecular weight is 315 g/mol. The Morgan fingerprint density at radius 3 is 3.00 bits per heavy atom. The molecule has 0 aliphatic carbocycles. The number of likely N-dealkylation sites (tertiary alicyclic amines) is 1. The molecule has 5 nitrogen and oxygen atoms in total. The van der Waals surface area contributed by atoms with Gasteiger partial charge in [0.1, 0.15) is 5.75 Å². The second kappa shape index (κ2) is 7.59. The van der Waals surface area contributed by atoms with E-state index in [-0.39, 0.29) is 0 Å². The molecule has 124 valence electrons. The van der Waals surface area contributed by atoms with Gasteiger partial charge in [-0.3, -0.25) is 4.90 Å². The van der Waals surface area contributed by atoms with E-state index in [4.69, 9.17) is 9.26 Å². The van der Waals surface area contributed by atoms with Gasteiger partial charge in [0.15, 0.2) is 5.82 Å². The van der Waals surface area contributed by atoms with Gasteiger partial charge >= 0.3 is 0 Å². The summed E-state index contributed by atoms with van der Waals surface area (Å²) in [4.78, 5) is 6.80. The number of ether oxygens (including phenoxy) is 1. The molecular formula is C18H25N3O2. The van der Waals surface area contributed by atoms with E-state index in [0.29, 0.717) is 5.92 Å². The van der Waals surface area contributed by atoms with Crippen LogP contribution in [0.1, 0.15) is 37.0 Å². The van der Waals surface area contributed by atoms with Crippen LogP contribution in [0.25, 0.3) is 0 Å². The number of aromatic nitrogens is 2. The number of aryl methyl sites for hydroxylation is 2. The zero-order chi connectivity index (χ0) is 16.1. The van der Waals surface area contributed by atoms with Crippen LogP contribution in [0.4, 0.5) is 0 Å². The molecule has 1 saturated heterocycles. The summed E-state index contributed by atoms with van der Waals surface area (Å²) in [6.45, 7) is 7.78. The van der Waals surface area contributed by atoms with E-state index in [1.165, 1.54) is 18.4 Å². The molecule has 1 aliphatic heterocycles. The van der Waals surface area contributed by atoms with Crippen LogP contribution in [-0.2, 0) is 13.0 Å². The first-order valence-electron chi connectivity index (χ1n) is 8.47. The predicted octanol–water partition coefficient (Wildman–Crippen LogP) is 3.23. The molecule has 0 saturated carbocycles. The fourth-order valence-electron chi connectivity index (χ4n) is 3.05. The van der Waals surface area contributed by atoms with E-state index in [1.54, 1.807) is 0 Å². The van der Waals surface area contributed by atoms with Crippen molar-refractivity contribution in [3.8, 4) is 5.75 Å². The summed E-state index contributed by atoms with van der Waals surface area (Å²) in [6.07, 6.45) is 3.20. The van der Waals surface area contributed by atoms with Crippen LogP contribution in [0.5, 0.6) is 5.75 Å². The van der Waals surface area contributed by atoms with Crippen molar-refractivity contribution >= 4 is 0 Å². The van der Waals surface area contributed by atoms with Gasteiger partial charge in [0.05, 0.1) is 13.2 Å². The van der Waals surface area contributed by atoms with Crippen LogP contribution in [0.15, 0.2) is 28.8 Å². The molecule has 0 spiro atoms. The number of hydrogen-bond donors (Lipinski definition) is 0. The van der Waals surface area contributed by atoms with Crippen molar-refractivity contribution < 1.29 is 9.26 Å². The van der Waals surface area contributed by atoms with Crippen molar-refractivity contribution in [3.05, 3.63) is 41.5 Å². The number of piperidine rings is 1. The maximum Gasteiger partial charge on any atom is 0.226 e. The maximum atomic E-state index is 6.02. The van der Waals surface area contributed by atoms with Gasteiger partial charge in [0.25, 0.3) is 0 Å². The summed E-state index contributed by atoms with van der Waals surface area (Å²) in [7, 11) is 0. The van der Waals surface area contributed by atoms with E-state index < -0.39 is 0 Å². The Balaban J connectivity index is 1.51. The summed E-state index contributed by atoms with van der Waals surface area (Å²) in [5.74, 6) is 3.06. The third kappa shape index (κ3) is 4.32. The van der Waals surface area contributed by atoms with Crippen molar-refractivity contribution in [1.82, 2.24) is 15.0 Å². The summed E-state index contributed by atoms with van der Waals surface area (Å²) in [5.41, 5.74) is 1.19. The Morgan fingerprint density at radius 1 is 1.35 bits per heavy atom. The largest absolute Gasteiger partial charge is 0.493 e. The van der Waals surface area contributed by atoms with Crippen molar-refractivity contribution in [2.75, 3.05) is 19.7 Å². The lowest BCUT2D eigenvalue weighted by molar-refractivity contribution is 0.122. The Labute approximate surface area is 137 Å². The molecule has 0 N–H and O–H groups in total. The maximum absolute atomic E-state index is 6.02. The number of benzene rings is 1. The molecule has 5 heteroatoms. The smallest absolute Gasteiger partial charge is 0.226 e. The highest BCUT2D eigenvalue weighted by atomic mass is 16.5. The van der Waals surface area contributed by atoms with Crippen LogP contribution in [0.3, 0.4) is 0 Å². The van der Waals surface area contributed by atoms with Crippen LogP contribution in [0.2, 0.25) is 0 Å². The lowest BCUT2D eigenvalue weighted by Gasteiger charge is -2.31. The lowest BCUT2D eigenvalue weighted by Crippen LogP contribution is -2.37. The van der Waals surface area contributed by atoms with Gasteiger partial charge < -0.3 is 9.26 Å². The molecule has 23 heavy (non-hydrogen) atoms. The zero-order valence-electron chi connectivity index (χ0n) is 14.0. The minimum atomic E-state index is 0.556. The highest BCUT2D eigenvalue weighted by molar-refractivity contribution is 5.31. The van der Waals surface area contributed by atoms with Gasteiger partial charge in [-0.15, -0.1) is 0 Å². The molecule has 2 aromatic rings. The molecule has 0 radical (unpaired) electrons. The first kappa shape index (κ1) is 16.0. The predicted molar refractivity (Wildman–Crippen MR) is 88.4 cm³/mol. The molecule has 0 bridgehead atoms. The fraction of sp³-hybridized carbons (Fsp3) is 0.556. The van der Waals surface area contributed by atoms with E-state index in [0.717, 1.165) is 50.1 Å². The van der Waals surface area contributed by atoms with Crippen LogP contribution < -0.4 is 4.74 Å². The number of rotatable bonds is 6. The van der Waals surface area contributed by atoms with Crippen molar-refractivity contribution in [1.29, 1.82) is 0 Å². The molecule has 1 aromatic carbocycles. The summed E-state index contributed by atoms with van der Waals surface area (Å²) >= 11 is 0. The number of nitrogens with zero attached hydrogens (tertiary/aromatic N) is 3. The zero-order valence-corrected chi connectivity index (χ0v) is 14.0. The SMILES string of the molecule is CCc1nc(CN2CCCC(COc3ccccc3C)C2)no1. The molecule has 1 fully saturated rings. The van der Waals surface area contributed by atoms with Gasteiger partial charge in [0, 0.05) is 18.9 Å². The van der Waals surface area contributed by atoms with Gasteiger partial charge in [-0.25, -0.2) is 0 Å². The van der Waals surface area contributed by atoms with Gasteiger partial charge in [-0.1, -0.05) is 30.3 Å². The van der Waals surface area contributed by atoms with E-state index in [1.807, 2.05) is 25.1 Å². The summed E-state index contributed by atoms with van der Waals surface area (Å²) < 4.78 is 11.2. The monoisotopic (exact) mass is 315 g/mol. The minimum absolute atomic E-state index is 0.556. The Hall–Kier alpha value is -1.88. The first-order chi connectivity index (χ1) is 11.2. The van der Waals surface area contributed by atoms with Crippen LogP contribution >= 0.6 is 0 Å². The van der Waals surface area contributed by atoms with Gasteiger partial charge in [0.2, 0.25) is 5.89 Å². The Bertz CT molecular complexity index is 626. The standard InChI is InChI=1S/C18H25N3O2/c1-3-18-19-17(20-23-18)12-21-10-6-8-15(11-21)13-22-16-9-5-4-7-14(16)2/h4-5,7,9,15H,3,6,8,10-13H2,1-2H3. The molecule has 1 aliphatic rings. The molecule has 0 amide bonds. The average Bonchev–Trinajstić information content (AvgIpc) is 3.02. The minimum Gasteiger partial charge on any atom is -0.493 e. The van der Waals surface area contributed by atoms with Gasteiger partial charge in [-0.2, -0.15) is 4.98 Å². The van der Waals surface area contributed by atoms with Crippen molar-refractivity contribution in [2.45, 2.75) is 39.7 Å².